The normalized spacial score (nSPS) is 15.4. The maximum Gasteiger partial charge on any atom is 0.260 e. The van der Waals surface area contributed by atoms with E-state index in [0.29, 0.717) is 18.0 Å². The Kier molecular flexibility index (Phi) is 8.09. The third-order valence-electron chi connectivity index (χ3n) is 4.39. The Balaban J connectivity index is 2.11. The Hall–Kier alpha value is -2.09. The first-order valence-electron chi connectivity index (χ1n) is 9.45. The quantitative estimate of drug-likeness (QED) is 0.719. The summed E-state index contributed by atoms with van der Waals surface area (Å²) in [6.07, 6.45) is 8.60. The maximum absolute atomic E-state index is 12.4. The molecule has 0 aliphatic heterocycles. The van der Waals surface area contributed by atoms with Gasteiger partial charge in [-0.25, -0.2) is 13.8 Å². The number of benzene rings is 1. The highest BCUT2D eigenvalue weighted by Gasteiger charge is 2.23. The van der Waals surface area contributed by atoms with Gasteiger partial charge in [0.05, 0.1) is 18.6 Å². The van der Waals surface area contributed by atoms with E-state index in [0.717, 1.165) is 42.0 Å². The summed E-state index contributed by atoms with van der Waals surface area (Å²) < 4.78 is 31.1. The average Bonchev–Trinajstić information content (AvgIpc) is 2.59. The predicted molar refractivity (Wildman–Crippen MR) is 108 cm³/mol. The van der Waals surface area contributed by atoms with Gasteiger partial charge in [-0.3, -0.25) is 9.10 Å². The van der Waals surface area contributed by atoms with Crippen molar-refractivity contribution in [1.29, 1.82) is 0 Å². The minimum absolute atomic E-state index is 0.343. The molecule has 1 aromatic rings. The van der Waals surface area contributed by atoms with Crippen molar-refractivity contribution in [2.45, 2.75) is 51.9 Å². The third kappa shape index (κ3) is 6.86. The molecule has 0 bridgehead atoms. The van der Waals surface area contributed by atoms with Gasteiger partial charge < -0.3 is 4.74 Å². The van der Waals surface area contributed by atoms with Crippen LogP contribution < -0.4 is 14.5 Å². The van der Waals surface area contributed by atoms with E-state index in [1.807, 2.05) is 6.92 Å². The van der Waals surface area contributed by atoms with Gasteiger partial charge >= 0.3 is 0 Å². The summed E-state index contributed by atoms with van der Waals surface area (Å²) in [6, 6.07) is 6.78. The number of carbonyl (C=O) groups excluding carboxylic acids is 1. The fraction of sp³-hybridized carbons (Fsp3) is 0.579. The number of nitrogens with one attached hydrogen (secondary N) is 1. The van der Waals surface area contributed by atoms with Crippen molar-refractivity contribution >= 4 is 27.3 Å². The largest absolute Gasteiger partial charge is 0.492 e. The van der Waals surface area contributed by atoms with Crippen LogP contribution in [0.3, 0.4) is 0 Å². The zero-order valence-corrected chi connectivity index (χ0v) is 16.9. The van der Waals surface area contributed by atoms with Gasteiger partial charge in [-0.15, -0.1) is 0 Å². The molecule has 0 aromatic heterocycles. The van der Waals surface area contributed by atoms with Gasteiger partial charge in [0.1, 0.15) is 12.3 Å². The van der Waals surface area contributed by atoms with E-state index in [9.17, 15) is 13.2 Å². The summed E-state index contributed by atoms with van der Waals surface area (Å²) >= 11 is 0. The molecule has 0 saturated heterocycles. The van der Waals surface area contributed by atoms with Crippen LogP contribution in [-0.4, -0.2) is 39.4 Å². The molecule has 1 N–H and O–H groups in total. The number of anilines is 1. The number of carbonyl (C=O) groups is 1. The minimum atomic E-state index is -3.66. The van der Waals surface area contributed by atoms with Gasteiger partial charge in [0.15, 0.2) is 0 Å². The number of ether oxygens (including phenoxy) is 1. The number of para-hydroxylation sites is 2. The fourth-order valence-electron chi connectivity index (χ4n) is 3.05. The van der Waals surface area contributed by atoms with Crippen LogP contribution >= 0.6 is 0 Å². The molecule has 1 fully saturated rings. The van der Waals surface area contributed by atoms with Crippen LogP contribution in [0.25, 0.3) is 0 Å². The Morgan fingerprint density at radius 3 is 2.41 bits per heavy atom. The maximum atomic E-state index is 12.4. The molecule has 0 heterocycles. The zero-order chi connectivity index (χ0) is 19.7. The van der Waals surface area contributed by atoms with E-state index in [1.165, 1.54) is 19.3 Å². The van der Waals surface area contributed by atoms with E-state index >= 15 is 0 Å². The highest BCUT2D eigenvalue weighted by molar-refractivity contribution is 7.92. The lowest BCUT2D eigenvalue weighted by Crippen LogP contribution is -2.39. The summed E-state index contributed by atoms with van der Waals surface area (Å²) in [5.41, 5.74) is 3.85. The van der Waals surface area contributed by atoms with Gasteiger partial charge in [-0.2, -0.15) is 5.10 Å². The zero-order valence-electron chi connectivity index (χ0n) is 16.1. The number of hydrogen-bond donors (Lipinski definition) is 1. The Bertz CT molecular complexity index is 752. The molecule has 2 rings (SSSR count). The van der Waals surface area contributed by atoms with Crippen molar-refractivity contribution in [1.82, 2.24) is 5.43 Å². The van der Waals surface area contributed by atoms with Crippen LogP contribution in [0.4, 0.5) is 5.69 Å². The highest BCUT2D eigenvalue weighted by atomic mass is 32.2. The molecule has 7 nitrogen and oxygen atoms in total. The summed E-state index contributed by atoms with van der Waals surface area (Å²) in [4.78, 5) is 12.4. The number of rotatable bonds is 7. The van der Waals surface area contributed by atoms with Crippen molar-refractivity contribution in [2.75, 3.05) is 23.7 Å². The number of sulfonamides is 1. The van der Waals surface area contributed by atoms with Gasteiger partial charge in [-0.05, 0) is 44.7 Å². The van der Waals surface area contributed by atoms with Crippen LogP contribution in [-0.2, 0) is 14.8 Å². The Morgan fingerprint density at radius 1 is 1.15 bits per heavy atom. The molecular weight excluding hydrogens is 366 g/mol. The molecule has 0 radical (unpaired) electrons. The van der Waals surface area contributed by atoms with Gasteiger partial charge in [-0.1, -0.05) is 31.4 Å². The second-order valence-corrected chi connectivity index (χ2v) is 8.56. The molecule has 8 heteroatoms. The molecule has 0 unspecified atom stereocenters. The van der Waals surface area contributed by atoms with Gasteiger partial charge in [0.2, 0.25) is 10.0 Å². The molecule has 1 amide bonds. The first-order valence-corrected chi connectivity index (χ1v) is 11.3. The molecule has 0 spiro atoms. The van der Waals surface area contributed by atoms with E-state index < -0.39 is 15.9 Å². The Morgan fingerprint density at radius 2 is 1.78 bits per heavy atom. The lowest BCUT2D eigenvalue weighted by molar-refractivity contribution is -0.119. The fourth-order valence-corrected chi connectivity index (χ4v) is 3.91. The van der Waals surface area contributed by atoms with Crippen molar-refractivity contribution in [3.63, 3.8) is 0 Å². The van der Waals surface area contributed by atoms with Crippen molar-refractivity contribution in [3.05, 3.63) is 24.3 Å². The van der Waals surface area contributed by atoms with Crippen LogP contribution in [0, 0.1) is 0 Å². The molecule has 0 atom stereocenters. The highest BCUT2D eigenvalue weighted by Crippen LogP contribution is 2.29. The van der Waals surface area contributed by atoms with Crippen molar-refractivity contribution in [2.24, 2.45) is 5.10 Å². The lowest BCUT2D eigenvalue weighted by atomic mass is 9.99. The van der Waals surface area contributed by atoms with E-state index in [4.69, 9.17) is 4.74 Å². The molecule has 1 saturated carbocycles. The van der Waals surface area contributed by atoms with E-state index in [2.05, 4.69) is 10.5 Å². The molecule has 1 aliphatic rings. The van der Waals surface area contributed by atoms with Crippen molar-refractivity contribution < 1.29 is 17.9 Å². The van der Waals surface area contributed by atoms with Crippen LogP contribution in [0.5, 0.6) is 5.75 Å². The first-order chi connectivity index (χ1) is 12.9. The topological polar surface area (TPSA) is 88.1 Å². The summed E-state index contributed by atoms with van der Waals surface area (Å²) in [5.74, 6) is -0.0501. The van der Waals surface area contributed by atoms with Crippen molar-refractivity contribution in [3.8, 4) is 5.75 Å². The standard InChI is InChI=1S/C19H29N3O4S/c1-3-26-18-14-10-9-13-17(18)22(27(2,24)25)15-19(23)21-20-16-11-7-5-4-6-8-12-16/h9-10,13-14H,3-8,11-12,15H2,1-2H3,(H,21,23). The summed E-state index contributed by atoms with van der Waals surface area (Å²) in [6.45, 7) is 1.87. The summed E-state index contributed by atoms with van der Waals surface area (Å²) in [7, 11) is -3.66. The minimum Gasteiger partial charge on any atom is -0.492 e. The monoisotopic (exact) mass is 395 g/mol. The van der Waals surface area contributed by atoms with E-state index in [1.54, 1.807) is 24.3 Å². The van der Waals surface area contributed by atoms with Gasteiger partial charge in [0, 0.05) is 5.71 Å². The Labute approximate surface area is 161 Å². The van der Waals surface area contributed by atoms with Crippen LogP contribution in [0.2, 0.25) is 0 Å². The predicted octanol–water partition coefficient (Wildman–Crippen LogP) is 3.07. The smallest absolute Gasteiger partial charge is 0.260 e. The third-order valence-corrected chi connectivity index (χ3v) is 5.52. The van der Waals surface area contributed by atoms with Crippen LogP contribution in [0.15, 0.2) is 29.4 Å². The number of hydrogen-bond acceptors (Lipinski definition) is 5. The SMILES string of the molecule is CCOc1ccccc1N(CC(=O)NN=C1CCCCCCC1)S(C)(=O)=O. The second kappa shape index (κ2) is 10.3. The average molecular weight is 396 g/mol. The first kappa shape index (κ1) is 21.2. The molecule has 1 aliphatic carbocycles. The second-order valence-electron chi connectivity index (χ2n) is 6.65. The molecule has 1 aromatic carbocycles. The lowest BCUT2D eigenvalue weighted by Gasteiger charge is -2.23. The number of amides is 1. The van der Waals surface area contributed by atoms with Crippen LogP contribution in [0.1, 0.15) is 51.9 Å². The van der Waals surface area contributed by atoms with E-state index in [-0.39, 0.29) is 6.54 Å². The molecular formula is C19H29N3O4S. The number of hydrazone groups is 1. The summed E-state index contributed by atoms with van der Waals surface area (Å²) in [5, 5.41) is 4.24. The van der Waals surface area contributed by atoms with Gasteiger partial charge in [0.25, 0.3) is 5.91 Å². The molecule has 150 valence electrons. The number of nitrogens with zero attached hydrogens (tertiary/aromatic N) is 2. The molecule has 27 heavy (non-hydrogen) atoms.